The summed E-state index contributed by atoms with van der Waals surface area (Å²) in [6.45, 7) is 2.24. The van der Waals surface area contributed by atoms with E-state index >= 15 is 0 Å². The summed E-state index contributed by atoms with van der Waals surface area (Å²) in [5, 5.41) is 1.87. The average Bonchev–Trinajstić information content (AvgIpc) is 3.14. The average molecular weight is 407 g/mol. The second-order valence-corrected chi connectivity index (χ2v) is 7.84. The summed E-state index contributed by atoms with van der Waals surface area (Å²) in [5.41, 5.74) is 1.23. The molecule has 0 aliphatic carbocycles. The lowest BCUT2D eigenvalue weighted by molar-refractivity contribution is -0.426. The monoisotopic (exact) mass is 406 g/mol. The van der Waals surface area contributed by atoms with Crippen LogP contribution in [0.25, 0.3) is 0 Å². The van der Waals surface area contributed by atoms with Crippen LogP contribution < -0.4 is 4.90 Å². The van der Waals surface area contributed by atoms with Gasteiger partial charge in [0.05, 0.1) is 6.54 Å². The second kappa shape index (κ2) is 8.27. The number of carbonyl (C=O) groups is 3. The lowest BCUT2D eigenvalue weighted by Gasteiger charge is -2.25. The van der Waals surface area contributed by atoms with Crippen molar-refractivity contribution < 1.29 is 19.0 Å². The first kappa shape index (κ1) is 19.6. The van der Waals surface area contributed by atoms with Gasteiger partial charge in [0, 0.05) is 17.8 Å². The van der Waals surface area contributed by atoms with Crippen LogP contribution in [0.2, 0.25) is 5.02 Å². The van der Waals surface area contributed by atoms with Gasteiger partial charge in [-0.05, 0) is 36.1 Å². The number of halogens is 1. The zero-order chi connectivity index (χ0) is 19.6. The third kappa shape index (κ3) is 3.94. The molecular formula is C19H21ClN3O3S+. The largest absolute Gasteiger partial charge is 0.501 e. The van der Waals surface area contributed by atoms with Crippen molar-refractivity contribution in [1.29, 1.82) is 0 Å². The maximum Gasteiger partial charge on any atom is 0.501 e. The molecule has 2 aliphatic rings. The lowest BCUT2D eigenvalue weighted by Crippen LogP contribution is -2.56. The quantitative estimate of drug-likeness (QED) is 0.681. The number of hydrogen-bond donors (Lipinski definition) is 0. The molecule has 0 saturated heterocycles. The molecule has 0 radical (unpaired) electrons. The molecule has 1 aromatic carbocycles. The van der Waals surface area contributed by atoms with E-state index in [1.54, 1.807) is 42.8 Å². The Bertz CT molecular complexity index is 852. The van der Waals surface area contributed by atoms with Crippen molar-refractivity contribution in [3.8, 4) is 0 Å². The van der Waals surface area contributed by atoms with Crippen molar-refractivity contribution in [2.45, 2.75) is 25.0 Å². The van der Waals surface area contributed by atoms with Crippen molar-refractivity contribution in [2.75, 3.05) is 25.0 Å². The summed E-state index contributed by atoms with van der Waals surface area (Å²) in [7, 11) is 1.64. The van der Waals surface area contributed by atoms with Gasteiger partial charge < -0.3 is 4.90 Å². The van der Waals surface area contributed by atoms with E-state index in [-0.39, 0.29) is 18.4 Å². The number of benzene rings is 1. The number of allylic oxidation sites excluding steroid dienone is 1. The topological polar surface area (TPSA) is 60.7 Å². The maximum atomic E-state index is 12.9. The summed E-state index contributed by atoms with van der Waals surface area (Å²) >= 11 is 7.37. The number of likely N-dealkylation sites (N-methyl/N-ethyl adjacent to an activating group) is 1. The number of rotatable bonds is 6. The van der Waals surface area contributed by atoms with E-state index in [1.807, 2.05) is 6.92 Å². The van der Waals surface area contributed by atoms with Gasteiger partial charge in [-0.1, -0.05) is 31.0 Å². The Labute approximate surface area is 167 Å². The third-order valence-electron chi connectivity index (χ3n) is 4.58. The number of hydrogen-bond acceptors (Lipinski definition) is 4. The molecule has 0 N–H and O–H groups in total. The van der Waals surface area contributed by atoms with Crippen molar-refractivity contribution >= 4 is 52.6 Å². The Morgan fingerprint density at radius 1 is 1.37 bits per heavy atom. The normalized spacial score (nSPS) is 18.9. The molecule has 2 heterocycles. The smallest absolute Gasteiger partial charge is 0.312 e. The summed E-state index contributed by atoms with van der Waals surface area (Å²) in [5.74, 6) is -0.461. The Morgan fingerprint density at radius 3 is 2.85 bits per heavy atom. The minimum Gasteiger partial charge on any atom is -0.312 e. The van der Waals surface area contributed by atoms with Gasteiger partial charge in [0.25, 0.3) is 5.91 Å². The first-order valence-corrected chi connectivity index (χ1v) is 10.1. The van der Waals surface area contributed by atoms with Gasteiger partial charge in [-0.3, -0.25) is 4.79 Å². The standard InChI is InChI=1S/C19H21ClN3O3S/c1-3-4-9-22-18(25)17-15(8-10-27-17)23(19(22)26)12-16(24)21(2)14-7-5-6-13(20)11-14/h5-8,10-11,17H,3-4,9,12H2,1-2H3/q+1. The van der Waals surface area contributed by atoms with Crippen molar-refractivity contribution in [2.24, 2.45) is 0 Å². The van der Waals surface area contributed by atoms with Crippen LogP contribution in [0.4, 0.5) is 10.5 Å². The summed E-state index contributed by atoms with van der Waals surface area (Å²) < 4.78 is 1.42. The number of anilines is 1. The molecule has 4 amide bonds. The van der Waals surface area contributed by atoms with E-state index in [0.717, 1.165) is 12.8 Å². The lowest BCUT2D eigenvalue weighted by atomic mass is 10.1. The maximum absolute atomic E-state index is 12.9. The zero-order valence-corrected chi connectivity index (χ0v) is 16.8. The van der Waals surface area contributed by atoms with Crippen molar-refractivity contribution in [3.63, 3.8) is 0 Å². The molecule has 3 rings (SSSR count). The number of amides is 4. The minimum absolute atomic E-state index is 0.130. The van der Waals surface area contributed by atoms with E-state index in [2.05, 4.69) is 0 Å². The molecule has 1 atom stereocenters. The van der Waals surface area contributed by atoms with Crippen LogP contribution in [0.3, 0.4) is 0 Å². The molecular weight excluding hydrogens is 386 g/mol. The van der Waals surface area contributed by atoms with Gasteiger partial charge in [-0.25, -0.2) is 4.79 Å². The Morgan fingerprint density at radius 2 is 2.15 bits per heavy atom. The van der Waals surface area contributed by atoms with E-state index in [9.17, 15) is 14.4 Å². The predicted octanol–water partition coefficient (Wildman–Crippen LogP) is 3.15. The van der Waals surface area contributed by atoms with Crippen LogP contribution in [-0.4, -0.2) is 58.4 Å². The van der Waals surface area contributed by atoms with Crippen molar-refractivity contribution in [1.82, 2.24) is 4.90 Å². The summed E-state index contributed by atoms with van der Waals surface area (Å²) in [6, 6.07) is 6.53. The molecule has 0 fully saturated rings. The second-order valence-electron chi connectivity index (χ2n) is 6.39. The van der Waals surface area contributed by atoms with Crippen LogP contribution in [0, 0.1) is 0 Å². The number of nitrogens with zero attached hydrogens (tertiary/aromatic N) is 3. The first-order valence-electron chi connectivity index (χ1n) is 8.78. The number of carbonyl (C=O) groups excluding carboxylic acids is 3. The van der Waals surface area contributed by atoms with Crippen LogP contribution in [0.5, 0.6) is 0 Å². The number of urea groups is 1. The number of imide groups is 1. The van der Waals surface area contributed by atoms with Gasteiger partial charge in [-0.15, -0.1) is 11.8 Å². The highest BCUT2D eigenvalue weighted by Crippen LogP contribution is 2.28. The van der Waals surface area contributed by atoms with Gasteiger partial charge in [0.2, 0.25) is 0 Å². The molecule has 142 valence electrons. The molecule has 0 saturated carbocycles. The highest BCUT2D eigenvalue weighted by atomic mass is 35.5. The van der Waals surface area contributed by atoms with Gasteiger partial charge in [0.1, 0.15) is 5.71 Å². The zero-order valence-electron chi connectivity index (χ0n) is 15.2. The molecule has 0 bridgehead atoms. The van der Waals surface area contributed by atoms with Crippen molar-refractivity contribution in [3.05, 3.63) is 40.8 Å². The Hall–Kier alpha value is -2.12. The predicted molar refractivity (Wildman–Crippen MR) is 108 cm³/mol. The fourth-order valence-corrected chi connectivity index (χ4v) is 4.15. The highest BCUT2D eigenvalue weighted by molar-refractivity contribution is 8.04. The number of unbranched alkanes of at least 4 members (excludes halogenated alkanes) is 1. The van der Waals surface area contributed by atoms with E-state index in [0.29, 0.717) is 23.0 Å². The molecule has 8 heteroatoms. The highest BCUT2D eigenvalue weighted by Gasteiger charge is 2.49. The SMILES string of the molecule is CCCCN1C(=O)C2SC=CC2=[N+](CC(=O)N(C)c2cccc(Cl)c2)C1=O. The van der Waals surface area contributed by atoms with Crippen LogP contribution >= 0.6 is 23.4 Å². The number of thioether (sulfide) groups is 1. The molecule has 0 aromatic heterocycles. The van der Waals surface area contributed by atoms with E-state index in [1.165, 1.54) is 26.1 Å². The fourth-order valence-electron chi connectivity index (χ4n) is 3.00. The number of fused-ring (bicyclic) bond motifs is 1. The molecule has 1 unspecified atom stereocenters. The molecule has 1 aromatic rings. The van der Waals surface area contributed by atoms with Crippen LogP contribution in [0.1, 0.15) is 19.8 Å². The van der Waals surface area contributed by atoms with Crippen LogP contribution in [0.15, 0.2) is 35.7 Å². The fraction of sp³-hybridized carbons (Fsp3) is 0.368. The third-order valence-corrected chi connectivity index (χ3v) is 5.83. The van der Waals surface area contributed by atoms with Crippen LogP contribution in [-0.2, 0) is 9.59 Å². The van der Waals surface area contributed by atoms with Gasteiger partial charge in [-0.2, -0.15) is 14.3 Å². The van der Waals surface area contributed by atoms with E-state index < -0.39 is 11.3 Å². The summed E-state index contributed by atoms with van der Waals surface area (Å²) in [4.78, 5) is 41.1. The summed E-state index contributed by atoms with van der Waals surface area (Å²) in [6.07, 6.45) is 3.36. The Kier molecular flexibility index (Phi) is 6.01. The van der Waals surface area contributed by atoms with Gasteiger partial charge in [0.15, 0.2) is 11.8 Å². The molecule has 2 aliphatic heterocycles. The van der Waals surface area contributed by atoms with Gasteiger partial charge >= 0.3 is 11.9 Å². The first-order chi connectivity index (χ1) is 12.9. The molecule has 6 nitrogen and oxygen atoms in total. The molecule has 27 heavy (non-hydrogen) atoms. The minimum atomic E-state index is -0.455. The molecule has 0 spiro atoms. The van der Waals surface area contributed by atoms with E-state index in [4.69, 9.17) is 11.6 Å². The Balaban J connectivity index is 1.86.